The van der Waals surface area contributed by atoms with Crippen LogP contribution in [0, 0.1) is 10.5 Å². The molecule has 0 radical (unpaired) electrons. The third kappa shape index (κ3) is 6.48. The number of thioether (sulfide) groups is 1. The van der Waals surface area contributed by atoms with Gasteiger partial charge in [-0.25, -0.2) is 0 Å². The highest BCUT2D eigenvalue weighted by Crippen LogP contribution is 2.39. The summed E-state index contributed by atoms with van der Waals surface area (Å²) < 4.78 is 19.1. The molecule has 192 valence electrons. The molecule has 5 nitrogen and oxygen atoms in total. The number of hydrogen-bond acceptors (Lipinski definition) is 6. The molecular formula is C29H28INO4S2. The van der Waals surface area contributed by atoms with E-state index in [9.17, 15) is 4.79 Å². The monoisotopic (exact) mass is 645 g/mol. The van der Waals surface area contributed by atoms with Crippen LogP contribution in [0.15, 0.2) is 65.6 Å². The van der Waals surface area contributed by atoms with Gasteiger partial charge in [0, 0.05) is 0 Å². The van der Waals surface area contributed by atoms with Crippen LogP contribution in [0.3, 0.4) is 0 Å². The number of halogens is 1. The van der Waals surface area contributed by atoms with Gasteiger partial charge in [0.15, 0.2) is 15.8 Å². The second kappa shape index (κ2) is 12.3. The quantitative estimate of drug-likeness (QED) is 0.103. The molecular weight excluding hydrogens is 617 g/mol. The van der Waals surface area contributed by atoms with Crippen LogP contribution in [0.4, 0.5) is 5.69 Å². The maximum absolute atomic E-state index is 13.1. The predicted octanol–water partition coefficient (Wildman–Crippen LogP) is 7.60. The first-order chi connectivity index (χ1) is 17.8. The van der Waals surface area contributed by atoms with Crippen molar-refractivity contribution in [2.45, 2.75) is 26.7 Å². The molecule has 37 heavy (non-hydrogen) atoms. The van der Waals surface area contributed by atoms with Crippen molar-refractivity contribution >= 4 is 68.6 Å². The van der Waals surface area contributed by atoms with Crippen LogP contribution in [-0.4, -0.2) is 30.6 Å². The molecule has 0 N–H and O–H groups in total. The molecule has 1 amide bonds. The Morgan fingerprint density at radius 3 is 2.46 bits per heavy atom. The van der Waals surface area contributed by atoms with E-state index in [-0.39, 0.29) is 5.91 Å². The average molecular weight is 646 g/mol. The average Bonchev–Trinajstić information content (AvgIpc) is 3.15. The van der Waals surface area contributed by atoms with Gasteiger partial charge in [-0.2, -0.15) is 0 Å². The number of methoxy groups -OCH3 is 1. The highest BCUT2D eigenvalue weighted by molar-refractivity contribution is 14.1. The maximum atomic E-state index is 13.1. The normalized spacial score (nSPS) is 14.5. The van der Waals surface area contributed by atoms with Gasteiger partial charge in [0.1, 0.15) is 19.0 Å². The third-order valence-corrected chi connectivity index (χ3v) is 7.84. The van der Waals surface area contributed by atoms with Crippen molar-refractivity contribution < 1.29 is 19.0 Å². The lowest BCUT2D eigenvalue weighted by Crippen LogP contribution is -2.27. The largest absolute Gasteiger partial charge is 0.493 e. The summed E-state index contributed by atoms with van der Waals surface area (Å²) in [5.41, 5.74) is 3.94. The first-order valence-corrected chi connectivity index (χ1v) is 14.2. The lowest BCUT2D eigenvalue weighted by molar-refractivity contribution is -0.113. The van der Waals surface area contributed by atoms with Gasteiger partial charge >= 0.3 is 0 Å². The van der Waals surface area contributed by atoms with E-state index in [1.54, 1.807) is 12.0 Å². The van der Waals surface area contributed by atoms with Crippen molar-refractivity contribution in [1.82, 2.24) is 0 Å². The lowest BCUT2D eigenvalue weighted by Gasteiger charge is -2.17. The minimum Gasteiger partial charge on any atom is -0.493 e. The number of carbonyl (C=O) groups excluding carboxylic acids is 1. The molecule has 3 aromatic rings. The summed E-state index contributed by atoms with van der Waals surface area (Å²) in [4.78, 5) is 15.2. The molecule has 0 spiro atoms. The molecule has 0 saturated carbocycles. The van der Waals surface area contributed by atoms with Gasteiger partial charge in [0.05, 0.1) is 21.3 Å². The Labute approximate surface area is 241 Å². The molecule has 1 aliphatic heterocycles. The molecule has 8 heteroatoms. The number of aryl methyl sites for hydroxylation is 1. The number of benzene rings is 3. The van der Waals surface area contributed by atoms with Crippen molar-refractivity contribution in [2.24, 2.45) is 0 Å². The van der Waals surface area contributed by atoms with E-state index in [0.717, 1.165) is 26.1 Å². The third-order valence-electron chi connectivity index (χ3n) is 5.74. The summed E-state index contributed by atoms with van der Waals surface area (Å²) in [5, 5.41) is 0. The molecule has 0 atom stereocenters. The van der Waals surface area contributed by atoms with E-state index in [1.165, 1.54) is 17.3 Å². The van der Waals surface area contributed by atoms with Crippen LogP contribution in [0.25, 0.3) is 6.08 Å². The van der Waals surface area contributed by atoms with Crippen molar-refractivity contribution in [1.29, 1.82) is 0 Å². The van der Waals surface area contributed by atoms with Gasteiger partial charge in [-0.1, -0.05) is 68.2 Å². The number of amides is 1. The Bertz CT molecular complexity index is 1340. The van der Waals surface area contributed by atoms with E-state index in [4.69, 9.17) is 26.4 Å². The van der Waals surface area contributed by atoms with Gasteiger partial charge < -0.3 is 14.2 Å². The van der Waals surface area contributed by atoms with E-state index in [1.807, 2.05) is 48.5 Å². The number of hydrogen-bond donors (Lipinski definition) is 0. The van der Waals surface area contributed by atoms with E-state index in [2.05, 4.69) is 61.6 Å². The number of anilines is 1. The smallest absolute Gasteiger partial charge is 0.270 e. The molecule has 0 unspecified atom stereocenters. The van der Waals surface area contributed by atoms with Crippen LogP contribution in [0.1, 0.15) is 36.5 Å². The fourth-order valence-electron chi connectivity index (χ4n) is 3.92. The highest BCUT2D eigenvalue weighted by Gasteiger charge is 2.33. The number of thiocarbonyl (C=S) groups is 1. The number of carbonyl (C=O) groups is 1. The van der Waals surface area contributed by atoms with Gasteiger partial charge in [0.25, 0.3) is 5.91 Å². The summed E-state index contributed by atoms with van der Waals surface area (Å²) in [6, 6.07) is 19.5. The van der Waals surface area contributed by atoms with Crippen LogP contribution in [0.2, 0.25) is 0 Å². The van der Waals surface area contributed by atoms with E-state index < -0.39 is 0 Å². The molecule has 1 fully saturated rings. The maximum Gasteiger partial charge on any atom is 0.270 e. The Kier molecular flexibility index (Phi) is 9.15. The summed E-state index contributed by atoms with van der Waals surface area (Å²) in [5.74, 6) is 2.37. The molecule has 4 rings (SSSR count). The SMILES string of the molecule is COc1cc(/C=C2\SC(=S)N(c3ccccc3)C2=O)cc(I)c1OCCOc1cc(C)ccc1C(C)C. The number of nitrogens with zero attached hydrogens (tertiary/aromatic N) is 1. The zero-order valence-corrected chi connectivity index (χ0v) is 24.9. The van der Waals surface area contributed by atoms with Gasteiger partial charge in [-0.05, 0) is 88.5 Å². The van der Waals surface area contributed by atoms with E-state index in [0.29, 0.717) is 39.9 Å². The zero-order chi connectivity index (χ0) is 26.5. The predicted molar refractivity (Wildman–Crippen MR) is 164 cm³/mol. The van der Waals surface area contributed by atoms with Gasteiger partial charge in [-0.15, -0.1) is 0 Å². The summed E-state index contributed by atoms with van der Waals surface area (Å²) in [6.07, 6.45) is 1.84. The fraction of sp³-hybridized carbons (Fsp3) is 0.241. The van der Waals surface area contributed by atoms with Crippen molar-refractivity contribution in [3.8, 4) is 17.2 Å². The Morgan fingerprint density at radius 1 is 1.03 bits per heavy atom. The molecule has 0 aromatic heterocycles. The minimum atomic E-state index is -0.135. The molecule has 3 aromatic carbocycles. The minimum absolute atomic E-state index is 0.135. The number of ether oxygens (including phenoxy) is 3. The zero-order valence-electron chi connectivity index (χ0n) is 21.1. The summed E-state index contributed by atoms with van der Waals surface area (Å²) in [6.45, 7) is 7.14. The molecule has 1 saturated heterocycles. The van der Waals surface area contributed by atoms with Crippen molar-refractivity contribution in [2.75, 3.05) is 25.2 Å². The molecule has 1 aliphatic rings. The van der Waals surface area contributed by atoms with Crippen LogP contribution in [0.5, 0.6) is 17.2 Å². The van der Waals surface area contributed by atoms with Crippen LogP contribution >= 0.6 is 46.6 Å². The van der Waals surface area contributed by atoms with Gasteiger partial charge in [0.2, 0.25) is 0 Å². The van der Waals surface area contributed by atoms with Crippen molar-refractivity contribution in [3.63, 3.8) is 0 Å². The molecule has 0 aliphatic carbocycles. The number of para-hydroxylation sites is 1. The fourth-order valence-corrected chi connectivity index (χ4v) is 6.00. The highest BCUT2D eigenvalue weighted by atomic mass is 127. The Balaban J connectivity index is 1.46. The molecule has 1 heterocycles. The van der Waals surface area contributed by atoms with Crippen molar-refractivity contribution in [3.05, 3.63) is 85.8 Å². The van der Waals surface area contributed by atoms with Gasteiger partial charge in [-0.3, -0.25) is 9.69 Å². The van der Waals surface area contributed by atoms with Crippen LogP contribution < -0.4 is 19.1 Å². The summed E-state index contributed by atoms with van der Waals surface area (Å²) >= 11 is 9.00. The molecule has 0 bridgehead atoms. The second-order valence-electron chi connectivity index (χ2n) is 8.78. The Morgan fingerprint density at radius 2 is 1.76 bits per heavy atom. The standard InChI is InChI=1S/C29H28INO4S2/c1-18(2)22-11-10-19(3)14-24(22)34-12-13-35-27-23(30)15-20(16-25(27)33-4)17-26-28(32)31(29(36)37-26)21-8-6-5-7-9-21/h5-11,14-18H,12-13H2,1-4H3/b26-17-. The topological polar surface area (TPSA) is 48.0 Å². The first kappa shape index (κ1) is 27.5. The van der Waals surface area contributed by atoms with E-state index >= 15 is 0 Å². The van der Waals surface area contributed by atoms with Crippen LogP contribution in [-0.2, 0) is 4.79 Å². The summed E-state index contributed by atoms with van der Waals surface area (Å²) in [7, 11) is 1.61. The first-order valence-electron chi connectivity index (χ1n) is 11.8. The second-order valence-corrected chi connectivity index (χ2v) is 11.6. The Hall–Kier alpha value is -2.56. The lowest BCUT2D eigenvalue weighted by atomic mass is 10.0. The number of rotatable bonds is 9.